The van der Waals surface area contributed by atoms with E-state index in [1.807, 2.05) is 38.1 Å². The number of amides is 2. The maximum Gasteiger partial charge on any atom is 0.267 e. The van der Waals surface area contributed by atoms with Crippen molar-refractivity contribution in [3.63, 3.8) is 0 Å². The lowest BCUT2D eigenvalue weighted by molar-refractivity contribution is -0.299. The standard InChI is InChI=1S/C33H42ClN3O4/c1-4-5-6-7-12-25-19-26(41-33(2,3)40-25)20-35-31(38)27-16-21-10-8-9-11-22(21)17-29(27)37-32(39)30-18-23-15-24(34)13-14-28(23)36-30/h8-11,13-15,18,25-27,29,36H,4-7,12,16-17,19-20H2,1-3H3,(H,35,38)(H,37,39)/t25-,26-,27-,29-/m0/s1. The molecule has 3 aromatic rings. The Morgan fingerprint density at radius 2 is 1.76 bits per heavy atom. The number of carbonyl (C=O) groups excluding carboxylic acids is 2. The molecule has 1 saturated heterocycles. The van der Waals surface area contributed by atoms with Gasteiger partial charge in [0.1, 0.15) is 5.69 Å². The third-order valence-electron chi connectivity index (χ3n) is 8.27. The zero-order valence-corrected chi connectivity index (χ0v) is 25.1. The van der Waals surface area contributed by atoms with E-state index in [4.69, 9.17) is 21.1 Å². The topological polar surface area (TPSA) is 92.5 Å². The van der Waals surface area contributed by atoms with Crippen LogP contribution in [0.4, 0.5) is 0 Å². The molecule has 0 unspecified atom stereocenters. The number of rotatable bonds is 10. The number of H-pyrrole nitrogens is 1. The molecule has 3 N–H and O–H groups in total. The molecular formula is C33H42ClN3O4. The third-order valence-corrected chi connectivity index (χ3v) is 8.51. The lowest BCUT2D eigenvalue weighted by Gasteiger charge is -2.41. The Morgan fingerprint density at radius 1 is 1.00 bits per heavy atom. The molecule has 1 aromatic heterocycles. The van der Waals surface area contributed by atoms with Gasteiger partial charge < -0.3 is 25.1 Å². The van der Waals surface area contributed by atoms with E-state index in [9.17, 15) is 9.59 Å². The van der Waals surface area contributed by atoms with Crippen LogP contribution in [-0.2, 0) is 27.1 Å². The van der Waals surface area contributed by atoms with Crippen LogP contribution in [0.2, 0.25) is 5.02 Å². The van der Waals surface area contributed by atoms with Gasteiger partial charge in [0, 0.05) is 34.9 Å². The van der Waals surface area contributed by atoms with Gasteiger partial charge in [-0.05, 0) is 68.5 Å². The molecule has 4 atom stereocenters. The average Bonchev–Trinajstić information content (AvgIpc) is 3.36. The van der Waals surface area contributed by atoms with Crippen molar-refractivity contribution in [3.05, 3.63) is 70.4 Å². The third kappa shape index (κ3) is 7.51. The van der Waals surface area contributed by atoms with E-state index < -0.39 is 11.7 Å². The number of fused-ring (bicyclic) bond motifs is 2. The molecule has 2 aromatic carbocycles. The van der Waals surface area contributed by atoms with Crippen LogP contribution in [0.3, 0.4) is 0 Å². The van der Waals surface area contributed by atoms with E-state index in [0.29, 0.717) is 30.1 Å². The van der Waals surface area contributed by atoms with Crippen LogP contribution in [0.5, 0.6) is 0 Å². The van der Waals surface area contributed by atoms with Crippen molar-refractivity contribution >= 4 is 34.3 Å². The van der Waals surface area contributed by atoms with Crippen LogP contribution in [0, 0.1) is 5.92 Å². The van der Waals surface area contributed by atoms with Gasteiger partial charge in [-0.1, -0.05) is 68.5 Å². The summed E-state index contributed by atoms with van der Waals surface area (Å²) in [6.45, 7) is 6.52. The average molecular weight is 580 g/mol. The van der Waals surface area contributed by atoms with E-state index in [2.05, 4.69) is 34.7 Å². The van der Waals surface area contributed by atoms with Gasteiger partial charge in [0.15, 0.2) is 5.79 Å². The summed E-state index contributed by atoms with van der Waals surface area (Å²) in [6, 6.07) is 15.1. The molecular weight excluding hydrogens is 538 g/mol. The second-order valence-corrected chi connectivity index (χ2v) is 12.4. The molecule has 1 aliphatic carbocycles. The number of hydrogen-bond donors (Lipinski definition) is 3. The molecule has 1 fully saturated rings. The Bertz CT molecular complexity index is 1370. The normalized spacial score (nSPS) is 23.6. The fourth-order valence-corrected chi connectivity index (χ4v) is 6.46. The largest absolute Gasteiger partial charge is 0.353 e. The van der Waals surface area contributed by atoms with Crippen molar-refractivity contribution in [3.8, 4) is 0 Å². The highest BCUT2D eigenvalue weighted by Crippen LogP contribution is 2.30. The molecule has 5 rings (SSSR count). The smallest absolute Gasteiger partial charge is 0.267 e. The van der Waals surface area contributed by atoms with Crippen LogP contribution in [0.15, 0.2) is 48.5 Å². The van der Waals surface area contributed by atoms with Gasteiger partial charge in [-0.2, -0.15) is 0 Å². The predicted molar refractivity (Wildman–Crippen MR) is 162 cm³/mol. The van der Waals surface area contributed by atoms with Crippen LogP contribution in [0.1, 0.15) is 80.9 Å². The molecule has 0 radical (unpaired) electrons. The second-order valence-electron chi connectivity index (χ2n) is 12.0. The van der Waals surface area contributed by atoms with Crippen molar-refractivity contribution in [1.29, 1.82) is 0 Å². The molecule has 2 amide bonds. The lowest BCUT2D eigenvalue weighted by Crippen LogP contribution is -2.53. The van der Waals surface area contributed by atoms with Crippen molar-refractivity contribution in [2.75, 3.05) is 6.54 Å². The minimum absolute atomic E-state index is 0.0689. The first-order valence-electron chi connectivity index (χ1n) is 15.0. The first-order chi connectivity index (χ1) is 19.7. The monoisotopic (exact) mass is 579 g/mol. The van der Waals surface area contributed by atoms with Gasteiger partial charge in [0.25, 0.3) is 5.91 Å². The van der Waals surface area contributed by atoms with Crippen molar-refractivity contribution in [2.45, 2.75) is 96.2 Å². The molecule has 8 heteroatoms. The number of ether oxygens (including phenoxy) is 2. The second kappa shape index (κ2) is 13.0. The molecule has 0 bridgehead atoms. The summed E-state index contributed by atoms with van der Waals surface area (Å²) in [5.74, 6) is -1.39. The highest BCUT2D eigenvalue weighted by atomic mass is 35.5. The maximum absolute atomic E-state index is 13.7. The van der Waals surface area contributed by atoms with Gasteiger partial charge in [-0.15, -0.1) is 0 Å². The first kappa shape index (κ1) is 29.6. The number of carbonyl (C=O) groups is 2. The quantitative estimate of drug-likeness (QED) is 0.245. The summed E-state index contributed by atoms with van der Waals surface area (Å²) < 4.78 is 12.4. The summed E-state index contributed by atoms with van der Waals surface area (Å²) in [6.07, 6.45) is 7.71. The minimum Gasteiger partial charge on any atom is -0.353 e. The lowest BCUT2D eigenvalue weighted by atomic mass is 9.79. The SMILES string of the molecule is CCCCCC[C@H]1C[C@@H](CNC(=O)[C@H]2Cc3ccccc3C[C@@H]2NC(=O)c2cc3cc(Cl)ccc3[nH]2)OC(C)(C)O1. The number of benzene rings is 2. The molecule has 0 spiro atoms. The minimum atomic E-state index is -0.687. The zero-order chi connectivity index (χ0) is 29.0. The molecule has 2 aliphatic rings. The molecule has 41 heavy (non-hydrogen) atoms. The zero-order valence-electron chi connectivity index (χ0n) is 24.3. The van der Waals surface area contributed by atoms with Gasteiger partial charge in [0.05, 0.1) is 18.1 Å². The Morgan fingerprint density at radius 3 is 2.54 bits per heavy atom. The number of halogens is 1. The number of hydrogen-bond acceptors (Lipinski definition) is 4. The Balaban J connectivity index is 1.25. The fraction of sp³-hybridized carbons (Fsp3) is 0.515. The number of nitrogens with one attached hydrogen (secondary N) is 3. The molecule has 0 saturated carbocycles. The number of aromatic nitrogens is 1. The summed E-state index contributed by atoms with van der Waals surface area (Å²) >= 11 is 6.13. The fourth-order valence-electron chi connectivity index (χ4n) is 6.28. The van der Waals surface area contributed by atoms with Gasteiger partial charge in [-0.25, -0.2) is 0 Å². The van der Waals surface area contributed by atoms with Crippen molar-refractivity contribution in [2.24, 2.45) is 5.92 Å². The van der Waals surface area contributed by atoms with Crippen molar-refractivity contribution in [1.82, 2.24) is 15.6 Å². The Kier molecular flexibility index (Phi) is 9.37. The summed E-state index contributed by atoms with van der Waals surface area (Å²) in [5, 5.41) is 7.81. The van der Waals surface area contributed by atoms with Crippen LogP contribution in [-0.4, -0.2) is 47.4 Å². The molecule has 7 nitrogen and oxygen atoms in total. The van der Waals surface area contributed by atoms with Gasteiger partial charge >= 0.3 is 0 Å². The van der Waals surface area contributed by atoms with Crippen LogP contribution in [0.25, 0.3) is 10.9 Å². The maximum atomic E-state index is 13.7. The number of aromatic amines is 1. The van der Waals surface area contributed by atoms with E-state index in [1.165, 1.54) is 19.3 Å². The highest BCUT2D eigenvalue weighted by molar-refractivity contribution is 6.31. The van der Waals surface area contributed by atoms with E-state index in [-0.39, 0.29) is 30.1 Å². The number of unbranched alkanes of at least 4 members (excludes halogenated alkanes) is 3. The van der Waals surface area contributed by atoms with Crippen LogP contribution >= 0.6 is 11.6 Å². The molecule has 1 aliphatic heterocycles. The van der Waals surface area contributed by atoms with Gasteiger partial charge in [-0.3, -0.25) is 9.59 Å². The summed E-state index contributed by atoms with van der Waals surface area (Å²) in [5.41, 5.74) is 3.59. The summed E-state index contributed by atoms with van der Waals surface area (Å²) in [4.78, 5) is 30.2. The van der Waals surface area contributed by atoms with Gasteiger partial charge in [0.2, 0.25) is 5.91 Å². The summed E-state index contributed by atoms with van der Waals surface area (Å²) in [7, 11) is 0. The van der Waals surface area contributed by atoms with Crippen molar-refractivity contribution < 1.29 is 19.1 Å². The first-order valence-corrected chi connectivity index (χ1v) is 15.4. The predicted octanol–water partition coefficient (Wildman–Crippen LogP) is 6.33. The van der Waals surface area contributed by atoms with E-state index in [0.717, 1.165) is 41.3 Å². The van der Waals surface area contributed by atoms with E-state index >= 15 is 0 Å². The molecule has 2 heterocycles. The van der Waals surface area contributed by atoms with Crippen LogP contribution < -0.4 is 10.6 Å². The Labute approximate surface area is 247 Å². The van der Waals surface area contributed by atoms with E-state index in [1.54, 1.807) is 12.1 Å². The Hall–Kier alpha value is -2.87. The highest BCUT2D eigenvalue weighted by Gasteiger charge is 2.38. The molecule has 220 valence electrons.